The molecule has 1 aromatic heterocycles. The van der Waals surface area contributed by atoms with Gasteiger partial charge in [0.05, 0.1) is 12.4 Å². The van der Waals surface area contributed by atoms with Crippen molar-refractivity contribution in [3.05, 3.63) is 23.7 Å². The molecule has 1 fully saturated rings. The number of hydrogen-bond donors (Lipinski definition) is 1. The van der Waals surface area contributed by atoms with Crippen LogP contribution in [0.1, 0.15) is 43.7 Å². The van der Waals surface area contributed by atoms with Gasteiger partial charge in [-0.25, -0.2) is 13.1 Å². The number of nitrogens with zero attached hydrogens (tertiary/aromatic N) is 1. The van der Waals surface area contributed by atoms with E-state index in [1.54, 1.807) is 7.11 Å². The van der Waals surface area contributed by atoms with Crippen LogP contribution in [0.4, 0.5) is 0 Å². The molecule has 2 heterocycles. The van der Waals surface area contributed by atoms with Crippen molar-refractivity contribution >= 4 is 10.0 Å². The van der Waals surface area contributed by atoms with Crippen molar-refractivity contribution in [2.75, 3.05) is 39.1 Å². The molecule has 1 atom stereocenters. The molecule has 0 aromatic carbocycles. The molecule has 0 saturated carbocycles. The van der Waals surface area contributed by atoms with E-state index in [2.05, 4.69) is 9.62 Å². The van der Waals surface area contributed by atoms with Crippen LogP contribution in [-0.4, -0.2) is 52.4 Å². The van der Waals surface area contributed by atoms with Crippen LogP contribution in [0.2, 0.25) is 0 Å². The number of aryl methyl sites for hydroxylation is 1. The summed E-state index contributed by atoms with van der Waals surface area (Å²) in [5, 5.41) is 0. The molecular formula is C16H28N2O4S. The van der Waals surface area contributed by atoms with Crippen LogP contribution >= 0.6 is 0 Å². The first-order valence-electron chi connectivity index (χ1n) is 8.34. The van der Waals surface area contributed by atoms with Crippen LogP contribution < -0.4 is 4.72 Å². The molecule has 7 heteroatoms. The molecule has 0 amide bonds. The first-order chi connectivity index (χ1) is 11.0. The molecule has 6 nitrogen and oxygen atoms in total. The number of sulfonamides is 1. The van der Waals surface area contributed by atoms with E-state index >= 15 is 0 Å². The van der Waals surface area contributed by atoms with Gasteiger partial charge in [0.25, 0.3) is 0 Å². The molecule has 0 bridgehead atoms. The van der Waals surface area contributed by atoms with E-state index in [-0.39, 0.29) is 12.4 Å². The lowest BCUT2D eigenvalue weighted by molar-refractivity contribution is 0.165. The number of methoxy groups -OCH3 is 1. The highest BCUT2D eigenvalue weighted by molar-refractivity contribution is 7.89. The molecule has 132 valence electrons. The van der Waals surface area contributed by atoms with Gasteiger partial charge in [0.1, 0.15) is 17.6 Å². The highest BCUT2D eigenvalue weighted by Gasteiger charge is 2.22. The quantitative estimate of drug-likeness (QED) is 0.702. The lowest BCUT2D eigenvalue weighted by atomic mass is 10.2. The van der Waals surface area contributed by atoms with E-state index < -0.39 is 16.1 Å². The van der Waals surface area contributed by atoms with Gasteiger partial charge in [0, 0.05) is 13.5 Å². The fourth-order valence-electron chi connectivity index (χ4n) is 2.87. The van der Waals surface area contributed by atoms with E-state index in [9.17, 15) is 8.42 Å². The van der Waals surface area contributed by atoms with Crippen molar-refractivity contribution in [2.45, 2.75) is 38.6 Å². The number of hydrogen-bond acceptors (Lipinski definition) is 5. The summed E-state index contributed by atoms with van der Waals surface area (Å²) in [6.07, 6.45) is 3.87. The van der Waals surface area contributed by atoms with Gasteiger partial charge in [-0.1, -0.05) is 6.92 Å². The summed E-state index contributed by atoms with van der Waals surface area (Å²) in [7, 11) is -1.80. The Hall–Kier alpha value is -0.890. The molecule has 1 saturated heterocycles. The summed E-state index contributed by atoms with van der Waals surface area (Å²) >= 11 is 0. The SMILES string of the molecule is CCc1ccc(C(COC)NS(=O)(=O)CCCN2CCCC2)o1. The van der Waals surface area contributed by atoms with Crippen molar-refractivity contribution < 1.29 is 17.6 Å². The zero-order valence-electron chi connectivity index (χ0n) is 14.1. The predicted molar refractivity (Wildman–Crippen MR) is 89.9 cm³/mol. The van der Waals surface area contributed by atoms with Crippen LogP contribution in [0.15, 0.2) is 16.5 Å². The molecule has 1 aromatic rings. The maximum atomic E-state index is 12.3. The highest BCUT2D eigenvalue weighted by atomic mass is 32.2. The highest BCUT2D eigenvalue weighted by Crippen LogP contribution is 2.19. The van der Waals surface area contributed by atoms with Crippen molar-refractivity contribution in [3.63, 3.8) is 0 Å². The van der Waals surface area contributed by atoms with Crippen LogP contribution in [0.3, 0.4) is 0 Å². The lowest BCUT2D eigenvalue weighted by Gasteiger charge is -2.17. The van der Waals surface area contributed by atoms with Gasteiger partial charge in [-0.3, -0.25) is 0 Å². The Morgan fingerprint density at radius 1 is 1.35 bits per heavy atom. The summed E-state index contributed by atoms with van der Waals surface area (Å²) in [5.41, 5.74) is 0. The van der Waals surface area contributed by atoms with Crippen molar-refractivity contribution in [2.24, 2.45) is 0 Å². The molecule has 1 N–H and O–H groups in total. The third-order valence-corrected chi connectivity index (χ3v) is 5.59. The molecule has 0 aliphatic carbocycles. The maximum Gasteiger partial charge on any atom is 0.212 e. The third-order valence-electron chi connectivity index (χ3n) is 4.12. The molecule has 1 aliphatic heterocycles. The second-order valence-electron chi connectivity index (χ2n) is 6.00. The lowest BCUT2D eigenvalue weighted by Crippen LogP contribution is -2.34. The van der Waals surface area contributed by atoms with E-state index in [4.69, 9.17) is 9.15 Å². The molecule has 0 spiro atoms. The number of ether oxygens (including phenoxy) is 1. The Morgan fingerprint density at radius 3 is 2.70 bits per heavy atom. The minimum atomic E-state index is -3.36. The minimum Gasteiger partial charge on any atom is -0.464 e. The molecular weight excluding hydrogens is 316 g/mol. The average Bonchev–Trinajstić information content (AvgIpc) is 3.17. The Kier molecular flexibility index (Phi) is 7.08. The van der Waals surface area contributed by atoms with E-state index in [0.717, 1.165) is 31.8 Å². The number of rotatable bonds is 10. The monoisotopic (exact) mass is 344 g/mol. The van der Waals surface area contributed by atoms with Gasteiger partial charge < -0.3 is 14.1 Å². The molecule has 23 heavy (non-hydrogen) atoms. The standard InChI is InChI=1S/C16H28N2O4S/c1-3-14-7-8-16(22-14)15(13-21-2)17-23(19,20)12-6-11-18-9-4-5-10-18/h7-8,15,17H,3-6,9-13H2,1-2H3. The molecule has 0 radical (unpaired) electrons. The van der Waals surface area contributed by atoms with E-state index in [0.29, 0.717) is 12.2 Å². The molecule has 1 aliphatic rings. The summed E-state index contributed by atoms with van der Waals surface area (Å²) in [6, 6.07) is 3.21. The molecule has 2 rings (SSSR count). The van der Waals surface area contributed by atoms with Crippen molar-refractivity contribution in [1.82, 2.24) is 9.62 Å². The second kappa shape index (κ2) is 8.82. The first kappa shape index (κ1) is 18.4. The largest absolute Gasteiger partial charge is 0.464 e. The van der Waals surface area contributed by atoms with Crippen LogP contribution in [0.25, 0.3) is 0 Å². The molecule has 1 unspecified atom stereocenters. The normalized spacial score (nSPS) is 17.7. The van der Waals surface area contributed by atoms with Crippen LogP contribution in [0, 0.1) is 0 Å². The fourth-order valence-corrected chi connectivity index (χ4v) is 4.12. The smallest absolute Gasteiger partial charge is 0.212 e. The minimum absolute atomic E-state index is 0.130. The van der Waals surface area contributed by atoms with Gasteiger partial charge >= 0.3 is 0 Å². The average molecular weight is 344 g/mol. The topological polar surface area (TPSA) is 71.8 Å². The number of nitrogens with one attached hydrogen (secondary N) is 1. The zero-order chi connectivity index (χ0) is 16.7. The number of furan rings is 1. The Bertz CT molecular complexity index is 564. The Labute approximate surface area is 139 Å². The Morgan fingerprint density at radius 2 is 2.09 bits per heavy atom. The van der Waals surface area contributed by atoms with Crippen molar-refractivity contribution in [3.8, 4) is 0 Å². The van der Waals surface area contributed by atoms with E-state index in [1.165, 1.54) is 12.8 Å². The summed E-state index contributed by atoms with van der Waals surface area (Å²) in [5.74, 6) is 1.58. The van der Waals surface area contributed by atoms with Crippen molar-refractivity contribution in [1.29, 1.82) is 0 Å². The van der Waals surface area contributed by atoms with Gasteiger partial charge in [-0.05, 0) is 51.0 Å². The van der Waals surface area contributed by atoms with E-state index in [1.807, 2.05) is 19.1 Å². The van der Waals surface area contributed by atoms with Gasteiger partial charge in [0.15, 0.2) is 0 Å². The second-order valence-corrected chi connectivity index (χ2v) is 7.88. The van der Waals surface area contributed by atoms with Gasteiger partial charge in [0.2, 0.25) is 10.0 Å². The summed E-state index contributed by atoms with van der Waals surface area (Å²) in [6.45, 7) is 5.27. The Balaban J connectivity index is 1.88. The summed E-state index contributed by atoms with van der Waals surface area (Å²) in [4.78, 5) is 2.32. The number of likely N-dealkylation sites (tertiary alicyclic amines) is 1. The first-order valence-corrected chi connectivity index (χ1v) is 9.99. The van der Waals surface area contributed by atoms with Gasteiger partial charge in [-0.2, -0.15) is 0 Å². The predicted octanol–water partition coefficient (Wildman–Crippen LogP) is 1.93. The zero-order valence-corrected chi connectivity index (χ0v) is 14.9. The van der Waals surface area contributed by atoms with Crippen LogP contribution in [0.5, 0.6) is 0 Å². The summed E-state index contributed by atoms with van der Waals surface area (Å²) < 4.78 is 38.1. The van der Waals surface area contributed by atoms with Crippen LogP contribution in [-0.2, 0) is 21.2 Å². The third kappa shape index (κ3) is 5.91. The van der Waals surface area contributed by atoms with Gasteiger partial charge in [-0.15, -0.1) is 0 Å². The fraction of sp³-hybridized carbons (Fsp3) is 0.750. The maximum absolute atomic E-state index is 12.3.